The molecule has 1 aromatic heterocycles. The van der Waals surface area contributed by atoms with Gasteiger partial charge in [0.25, 0.3) is 0 Å². The Bertz CT molecular complexity index is 716. The number of hydrogen-bond acceptors (Lipinski definition) is 4. The molecule has 2 heterocycles. The first kappa shape index (κ1) is 17.4. The summed E-state index contributed by atoms with van der Waals surface area (Å²) in [5.41, 5.74) is 3.54. The smallest absolute Gasteiger partial charge is 0.305 e. The highest BCUT2D eigenvalue weighted by Gasteiger charge is 2.17. The summed E-state index contributed by atoms with van der Waals surface area (Å²) in [5.74, 6) is 0. The van der Waals surface area contributed by atoms with Crippen LogP contribution in [0.3, 0.4) is 0 Å². The molecule has 2 N–H and O–H groups in total. The highest BCUT2D eigenvalue weighted by Crippen LogP contribution is 2.28. The SMILES string of the molecule is CC(C)(C)c1ccc(-c2[nH]c(=O)sc2CN2CCCNCC2)cc1. The van der Waals surface area contributed by atoms with Crippen LogP contribution in [-0.4, -0.2) is 36.1 Å². The van der Waals surface area contributed by atoms with Crippen molar-refractivity contribution < 1.29 is 0 Å². The molecule has 0 amide bonds. The van der Waals surface area contributed by atoms with Gasteiger partial charge < -0.3 is 10.3 Å². The summed E-state index contributed by atoms with van der Waals surface area (Å²) in [4.78, 5) is 18.6. The molecule has 24 heavy (non-hydrogen) atoms. The van der Waals surface area contributed by atoms with E-state index >= 15 is 0 Å². The third kappa shape index (κ3) is 4.15. The first-order valence-corrected chi connectivity index (χ1v) is 9.51. The van der Waals surface area contributed by atoms with Gasteiger partial charge in [0.1, 0.15) is 0 Å². The van der Waals surface area contributed by atoms with Gasteiger partial charge in [-0.2, -0.15) is 0 Å². The lowest BCUT2D eigenvalue weighted by Crippen LogP contribution is -2.27. The van der Waals surface area contributed by atoms with Crippen molar-refractivity contribution in [1.29, 1.82) is 0 Å². The van der Waals surface area contributed by atoms with Crippen LogP contribution in [0.25, 0.3) is 11.3 Å². The quantitative estimate of drug-likeness (QED) is 0.898. The Morgan fingerprint density at radius 3 is 2.58 bits per heavy atom. The van der Waals surface area contributed by atoms with E-state index in [0.717, 1.165) is 55.3 Å². The number of aromatic nitrogens is 1. The molecule has 2 aromatic rings. The van der Waals surface area contributed by atoms with Crippen LogP contribution in [0, 0.1) is 0 Å². The topological polar surface area (TPSA) is 48.1 Å². The van der Waals surface area contributed by atoms with Crippen molar-refractivity contribution in [1.82, 2.24) is 15.2 Å². The van der Waals surface area contributed by atoms with Gasteiger partial charge in [-0.1, -0.05) is 56.4 Å². The Morgan fingerprint density at radius 2 is 1.88 bits per heavy atom. The van der Waals surface area contributed by atoms with Crippen LogP contribution in [0.1, 0.15) is 37.6 Å². The van der Waals surface area contributed by atoms with Crippen molar-refractivity contribution in [3.63, 3.8) is 0 Å². The summed E-state index contributed by atoms with van der Waals surface area (Å²) in [7, 11) is 0. The van der Waals surface area contributed by atoms with Gasteiger partial charge in [-0.3, -0.25) is 9.69 Å². The highest BCUT2D eigenvalue weighted by atomic mass is 32.1. The van der Waals surface area contributed by atoms with E-state index in [2.05, 4.69) is 60.2 Å². The maximum absolute atomic E-state index is 12.0. The minimum absolute atomic E-state index is 0.0350. The molecule has 0 radical (unpaired) electrons. The van der Waals surface area contributed by atoms with Crippen LogP contribution in [0.4, 0.5) is 0 Å². The number of nitrogens with one attached hydrogen (secondary N) is 2. The largest absolute Gasteiger partial charge is 0.315 e. The van der Waals surface area contributed by atoms with E-state index in [4.69, 9.17) is 0 Å². The summed E-state index contributed by atoms with van der Waals surface area (Å²) in [6.45, 7) is 11.7. The molecular formula is C19H27N3OS. The number of benzene rings is 1. The molecule has 0 atom stereocenters. The minimum Gasteiger partial charge on any atom is -0.315 e. The van der Waals surface area contributed by atoms with Gasteiger partial charge in [-0.25, -0.2) is 0 Å². The van der Waals surface area contributed by atoms with E-state index < -0.39 is 0 Å². The lowest BCUT2D eigenvalue weighted by Gasteiger charge is -2.20. The molecule has 130 valence electrons. The van der Waals surface area contributed by atoms with E-state index in [1.807, 2.05) is 0 Å². The lowest BCUT2D eigenvalue weighted by atomic mass is 9.86. The zero-order valence-corrected chi connectivity index (χ0v) is 15.6. The van der Waals surface area contributed by atoms with Crippen molar-refractivity contribution in [3.05, 3.63) is 44.4 Å². The van der Waals surface area contributed by atoms with Crippen LogP contribution in [0.15, 0.2) is 29.1 Å². The normalized spacial score (nSPS) is 17.0. The first-order valence-electron chi connectivity index (χ1n) is 8.69. The first-order chi connectivity index (χ1) is 11.4. The molecular weight excluding hydrogens is 318 g/mol. The van der Waals surface area contributed by atoms with Crippen LogP contribution >= 0.6 is 11.3 Å². The molecule has 1 aliphatic heterocycles. The maximum atomic E-state index is 12.0. The Balaban J connectivity index is 1.84. The second kappa shape index (κ2) is 7.21. The minimum atomic E-state index is 0.0350. The zero-order valence-electron chi connectivity index (χ0n) is 14.8. The van der Waals surface area contributed by atoms with Crippen molar-refractivity contribution in [3.8, 4) is 11.3 Å². The number of rotatable bonds is 3. The third-order valence-corrected chi connectivity index (χ3v) is 5.43. The summed E-state index contributed by atoms with van der Waals surface area (Å²) < 4.78 is 0. The van der Waals surface area contributed by atoms with E-state index in [1.165, 1.54) is 16.9 Å². The Morgan fingerprint density at radius 1 is 1.12 bits per heavy atom. The fourth-order valence-corrected chi connectivity index (χ4v) is 4.00. The predicted molar refractivity (Wildman–Crippen MR) is 102 cm³/mol. The molecule has 1 saturated heterocycles. The van der Waals surface area contributed by atoms with Crippen molar-refractivity contribution in [2.45, 2.75) is 39.2 Å². The van der Waals surface area contributed by atoms with E-state index in [9.17, 15) is 4.79 Å². The van der Waals surface area contributed by atoms with Crippen LogP contribution in [-0.2, 0) is 12.0 Å². The van der Waals surface area contributed by atoms with Gasteiger partial charge in [0.05, 0.1) is 5.69 Å². The van der Waals surface area contributed by atoms with Crippen molar-refractivity contribution in [2.75, 3.05) is 26.2 Å². The van der Waals surface area contributed by atoms with Crippen LogP contribution < -0.4 is 10.2 Å². The van der Waals surface area contributed by atoms with Gasteiger partial charge in [0, 0.05) is 24.5 Å². The Labute approximate surface area is 147 Å². The number of hydrogen-bond donors (Lipinski definition) is 2. The van der Waals surface area contributed by atoms with Gasteiger partial charge >= 0.3 is 4.87 Å². The molecule has 4 nitrogen and oxygen atoms in total. The Hall–Kier alpha value is -1.43. The zero-order chi connectivity index (χ0) is 17.2. The molecule has 0 aliphatic carbocycles. The van der Waals surface area contributed by atoms with E-state index in [1.54, 1.807) is 0 Å². The summed E-state index contributed by atoms with van der Waals surface area (Å²) in [5, 5.41) is 3.43. The van der Waals surface area contributed by atoms with Crippen LogP contribution in [0.2, 0.25) is 0 Å². The molecule has 1 aliphatic rings. The molecule has 0 unspecified atom stereocenters. The third-order valence-electron chi connectivity index (χ3n) is 4.56. The average Bonchev–Trinajstić information content (AvgIpc) is 2.73. The number of H-pyrrole nitrogens is 1. The Kier molecular flexibility index (Phi) is 5.23. The van der Waals surface area contributed by atoms with Gasteiger partial charge in [0.2, 0.25) is 0 Å². The monoisotopic (exact) mass is 345 g/mol. The number of thiazole rings is 1. The molecule has 5 heteroatoms. The number of nitrogens with zero attached hydrogens (tertiary/aromatic N) is 1. The van der Waals surface area contributed by atoms with E-state index in [0.29, 0.717) is 0 Å². The predicted octanol–water partition coefficient (Wildman–Crippen LogP) is 3.20. The molecule has 0 spiro atoms. The molecule has 0 saturated carbocycles. The maximum Gasteiger partial charge on any atom is 0.305 e. The summed E-state index contributed by atoms with van der Waals surface area (Å²) in [6, 6.07) is 8.61. The second-order valence-electron chi connectivity index (χ2n) is 7.52. The molecule has 0 bridgehead atoms. The van der Waals surface area contributed by atoms with Gasteiger partial charge in [-0.05, 0) is 36.1 Å². The summed E-state index contributed by atoms with van der Waals surface area (Å²) >= 11 is 1.35. The van der Waals surface area contributed by atoms with Gasteiger partial charge in [-0.15, -0.1) is 0 Å². The average molecular weight is 346 g/mol. The lowest BCUT2D eigenvalue weighted by molar-refractivity contribution is 0.287. The fraction of sp³-hybridized carbons (Fsp3) is 0.526. The summed E-state index contributed by atoms with van der Waals surface area (Å²) in [6.07, 6.45) is 1.16. The highest BCUT2D eigenvalue weighted by molar-refractivity contribution is 7.09. The standard InChI is InChI=1S/C19H27N3OS/c1-19(2,3)15-7-5-14(6-8-15)17-16(24-18(23)21-17)13-22-11-4-9-20-10-12-22/h5-8,20H,4,9-13H2,1-3H3,(H,21,23). The van der Waals surface area contributed by atoms with Gasteiger partial charge in [0.15, 0.2) is 0 Å². The van der Waals surface area contributed by atoms with Crippen molar-refractivity contribution >= 4 is 11.3 Å². The molecule has 3 rings (SSSR count). The van der Waals surface area contributed by atoms with E-state index in [-0.39, 0.29) is 10.3 Å². The second-order valence-corrected chi connectivity index (χ2v) is 8.59. The molecule has 1 aromatic carbocycles. The molecule has 1 fully saturated rings. The van der Waals surface area contributed by atoms with Crippen molar-refractivity contribution in [2.24, 2.45) is 0 Å². The van der Waals surface area contributed by atoms with Crippen LogP contribution in [0.5, 0.6) is 0 Å². The number of aromatic amines is 1. The fourth-order valence-electron chi connectivity index (χ4n) is 3.10.